The maximum Gasteiger partial charge on any atom is 0.191 e. The fourth-order valence-corrected chi connectivity index (χ4v) is 3.05. The topological polar surface area (TPSA) is 51.2 Å². The van der Waals surface area contributed by atoms with Gasteiger partial charge in [-0.2, -0.15) is 0 Å². The first-order chi connectivity index (χ1) is 7.38. The fraction of sp³-hybridized carbons (Fsp3) is 0.364. The van der Waals surface area contributed by atoms with Crippen molar-refractivity contribution in [3.05, 3.63) is 35.4 Å². The second-order valence-corrected chi connectivity index (χ2v) is 7.40. The summed E-state index contributed by atoms with van der Waals surface area (Å²) < 4.78 is 21.9. The van der Waals surface area contributed by atoms with Crippen LogP contribution in [0.3, 0.4) is 0 Å². The minimum atomic E-state index is -3.39. The van der Waals surface area contributed by atoms with Crippen LogP contribution in [0.15, 0.2) is 24.3 Å². The molecule has 1 aromatic rings. The Bertz CT molecular complexity index is 494. The number of ketones is 1. The van der Waals surface area contributed by atoms with Gasteiger partial charge in [0.25, 0.3) is 0 Å². The van der Waals surface area contributed by atoms with E-state index in [4.69, 9.17) is 0 Å². The largest absolute Gasteiger partial charge is 0.292 e. The van der Waals surface area contributed by atoms with Crippen LogP contribution in [0.2, 0.25) is 0 Å². The first kappa shape index (κ1) is 13.4. The highest BCUT2D eigenvalue weighted by molar-refractivity contribution is 9.11. The van der Waals surface area contributed by atoms with E-state index in [0.29, 0.717) is 5.56 Å². The van der Waals surface area contributed by atoms with E-state index in [1.807, 2.05) is 13.0 Å². The van der Waals surface area contributed by atoms with Crippen LogP contribution in [0, 0.1) is 6.92 Å². The molecule has 0 aliphatic rings. The van der Waals surface area contributed by atoms with Gasteiger partial charge in [0.15, 0.2) is 19.8 Å². The highest BCUT2D eigenvalue weighted by Crippen LogP contribution is 2.17. The van der Waals surface area contributed by atoms with Crippen molar-refractivity contribution < 1.29 is 13.2 Å². The maximum absolute atomic E-state index is 11.9. The molecule has 0 unspecified atom stereocenters. The van der Waals surface area contributed by atoms with Crippen molar-refractivity contribution in [2.24, 2.45) is 0 Å². The van der Waals surface area contributed by atoms with Crippen molar-refractivity contribution in [2.75, 3.05) is 5.75 Å². The van der Waals surface area contributed by atoms with Gasteiger partial charge in [0.05, 0.1) is 0 Å². The van der Waals surface area contributed by atoms with Crippen molar-refractivity contribution in [3.8, 4) is 0 Å². The van der Waals surface area contributed by atoms with Gasteiger partial charge in [-0.15, -0.1) is 0 Å². The molecule has 0 spiro atoms. The van der Waals surface area contributed by atoms with Crippen molar-refractivity contribution in [1.29, 1.82) is 0 Å². The quantitative estimate of drug-likeness (QED) is 0.634. The molecular formula is C11H13BrO3S. The number of alkyl halides is 1. The van der Waals surface area contributed by atoms with Crippen molar-refractivity contribution in [1.82, 2.24) is 0 Å². The average Bonchev–Trinajstić information content (AvgIpc) is 2.27. The van der Waals surface area contributed by atoms with Gasteiger partial charge in [-0.25, -0.2) is 8.42 Å². The number of Topliss-reactive ketones (excluding diaryl/α,β-unsaturated/α-hetero) is 1. The monoisotopic (exact) mass is 304 g/mol. The number of hydrogen-bond donors (Lipinski definition) is 0. The number of halogens is 1. The Morgan fingerprint density at radius 2 is 2.06 bits per heavy atom. The van der Waals surface area contributed by atoms with Gasteiger partial charge in [-0.05, 0) is 13.0 Å². The molecule has 0 saturated carbocycles. The summed E-state index contributed by atoms with van der Waals surface area (Å²) in [6, 6.07) is 6.89. The van der Waals surface area contributed by atoms with E-state index in [9.17, 15) is 13.2 Å². The Morgan fingerprint density at radius 3 is 2.56 bits per heavy atom. The number of rotatable bonds is 4. The smallest absolute Gasteiger partial charge is 0.191 e. The Hall–Kier alpha value is -0.680. The minimum Gasteiger partial charge on any atom is -0.292 e. The van der Waals surface area contributed by atoms with E-state index < -0.39 is 19.8 Å². The molecule has 1 rings (SSSR count). The molecule has 0 aliphatic carbocycles. The van der Waals surface area contributed by atoms with Crippen LogP contribution in [0.25, 0.3) is 0 Å². The normalized spacial score (nSPS) is 13.4. The lowest BCUT2D eigenvalue weighted by Gasteiger charge is -2.09. The molecule has 3 nitrogen and oxygen atoms in total. The van der Waals surface area contributed by atoms with Gasteiger partial charge in [0.2, 0.25) is 0 Å². The molecule has 0 heterocycles. The van der Waals surface area contributed by atoms with Crippen LogP contribution in [0.4, 0.5) is 0 Å². The van der Waals surface area contributed by atoms with E-state index in [1.54, 1.807) is 18.2 Å². The highest BCUT2D eigenvalue weighted by Gasteiger charge is 2.28. The van der Waals surface area contributed by atoms with E-state index in [-0.39, 0.29) is 5.75 Å². The second kappa shape index (κ2) is 5.10. The minimum absolute atomic E-state index is 0.0551. The zero-order valence-electron chi connectivity index (χ0n) is 9.10. The van der Waals surface area contributed by atoms with E-state index >= 15 is 0 Å². The second-order valence-electron chi connectivity index (χ2n) is 3.50. The number of carbonyl (C=O) groups is 1. The molecule has 0 fully saturated rings. The van der Waals surface area contributed by atoms with Gasteiger partial charge < -0.3 is 0 Å². The van der Waals surface area contributed by atoms with E-state index in [2.05, 4.69) is 15.9 Å². The van der Waals surface area contributed by atoms with Crippen LogP contribution in [-0.2, 0) is 9.84 Å². The van der Waals surface area contributed by atoms with Crippen LogP contribution in [0.1, 0.15) is 22.8 Å². The Balaban J connectivity index is 3.04. The molecule has 0 bridgehead atoms. The van der Waals surface area contributed by atoms with Crippen molar-refractivity contribution in [2.45, 2.75) is 18.0 Å². The van der Waals surface area contributed by atoms with Crippen LogP contribution in [-0.4, -0.2) is 24.1 Å². The number of benzene rings is 1. The number of hydrogen-bond acceptors (Lipinski definition) is 3. The third-order valence-electron chi connectivity index (χ3n) is 2.23. The standard InChI is InChI=1S/C11H13BrO3S/c1-3-16(14,15)11(12)10(13)9-6-4-5-8(2)7-9/h4-7,11H,3H2,1-2H3/t11-/m0/s1. The van der Waals surface area contributed by atoms with Gasteiger partial charge in [0.1, 0.15) is 0 Å². The summed E-state index contributed by atoms with van der Waals surface area (Å²) in [4.78, 5) is 11.9. The molecule has 88 valence electrons. The molecule has 0 radical (unpaired) electrons. The summed E-state index contributed by atoms with van der Waals surface area (Å²) in [6.45, 7) is 3.38. The SMILES string of the molecule is CCS(=O)(=O)[C@H](Br)C(=O)c1cccc(C)c1. The van der Waals surface area contributed by atoms with Gasteiger partial charge in [-0.3, -0.25) is 4.79 Å². The Kier molecular flexibility index (Phi) is 4.27. The van der Waals surface area contributed by atoms with Crippen LogP contribution in [0.5, 0.6) is 0 Å². The molecule has 0 aliphatic heterocycles. The third-order valence-corrected chi connectivity index (χ3v) is 6.00. The predicted molar refractivity (Wildman–Crippen MR) is 67.7 cm³/mol. The summed E-state index contributed by atoms with van der Waals surface area (Å²) in [5.74, 6) is -0.467. The lowest BCUT2D eigenvalue weighted by atomic mass is 10.1. The first-order valence-corrected chi connectivity index (χ1v) is 7.48. The molecule has 5 heteroatoms. The summed E-state index contributed by atoms with van der Waals surface area (Å²) in [5, 5.41) is 0. The molecule has 1 atom stereocenters. The highest BCUT2D eigenvalue weighted by atomic mass is 79.9. The fourth-order valence-electron chi connectivity index (χ4n) is 1.24. The summed E-state index contributed by atoms with van der Waals surface area (Å²) in [6.07, 6.45) is 0. The van der Waals surface area contributed by atoms with Gasteiger partial charge in [-0.1, -0.05) is 46.6 Å². The predicted octanol–water partition coefficient (Wildman–Crippen LogP) is 2.33. The lowest BCUT2D eigenvalue weighted by Crippen LogP contribution is -2.26. The summed E-state index contributed by atoms with van der Waals surface area (Å²) >= 11 is 2.95. The van der Waals surface area contributed by atoms with Crippen LogP contribution >= 0.6 is 15.9 Å². The molecule has 0 aromatic heterocycles. The lowest BCUT2D eigenvalue weighted by molar-refractivity contribution is 0.101. The summed E-state index contributed by atoms with van der Waals surface area (Å²) in [5.41, 5.74) is 1.35. The third kappa shape index (κ3) is 2.92. The number of carbonyl (C=O) groups excluding carboxylic acids is 1. The van der Waals surface area contributed by atoms with E-state index in [1.165, 1.54) is 6.92 Å². The van der Waals surface area contributed by atoms with Crippen molar-refractivity contribution in [3.63, 3.8) is 0 Å². The zero-order valence-corrected chi connectivity index (χ0v) is 11.5. The van der Waals surface area contributed by atoms with Crippen molar-refractivity contribution >= 4 is 31.6 Å². The van der Waals surface area contributed by atoms with Gasteiger partial charge in [0, 0.05) is 11.3 Å². The summed E-state index contributed by atoms with van der Waals surface area (Å²) in [7, 11) is -3.39. The molecule has 0 saturated heterocycles. The zero-order chi connectivity index (χ0) is 12.3. The molecule has 1 aromatic carbocycles. The first-order valence-electron chi connectivity index (χ1n) is 4.85. The molecule has 16 heavy (non-hydrogen) atoms. The molecule has 0 N–H and O–H groups in total. The number of aryl methyl sites for hydroxylation is 1. The van der Waals surface area contributed by atoms with Gasteiger partial charge >= 0.3 is 0 Å². The van der Waals surface area contributed by atoms with E-state index in [0.717, 1.165) is 5.56 Å². The Morgan fingerprint density at radius 1 is 1.44 bits per heavy atom. The molecule has 0 amide bonds. The maximum atomic E-state index is 11.9. The average molecular weight is 305 g/mol. The van der Waals surface area contributed by atoms with Crippen LogP contribution < -0.4 is 0 Å². The molecular weight excluding hydrogens is 292 g/mol. The Labute approximate surface area is 104 Å². The number of sulfone groups is 1.